The highest BCUT2D eigenvalue weighted by Gasteiger charge is 2.62. The van der Waals surface area contributed by atoms with Gasteiger partial charge in [-0.05, 0) is 36.3 Å². The Balaban J connectivity index is 2.69. The lowest BCUT2D eigenvalue weighted by Crippen LogP contribution is -2.20. The van der Waals surface area contributed by atoms with Gasteiger partial charge in [0.1, 0.15) is 10.3 Å². The molecular formula is C16H18Cl2F2O2. The van der Waals surface area contributed by atoms with Gasteiger partial charge in [0.25, 0.3) is 0 Å². The van der Waals surface area contributed by atoms with Crippen molar-refractivity contribution in [2.24, 2.45) is 17.3 Å². The summed E-state index contributed by atoms with van der Waals surface area (Å²) >= 11 is 11.2. The molecule has 0 aromatic heterocycles. The number of halogens is 4. The van der Waals surface area contributed by atoms with E-state index in [1.165, 1.54) is 0 Å². The van der Waals surface area contributed by atoms with E-state index in [0.717, 1.165) is 6.08 Å². The highest BCUT2D eigenvalue weighted by atomic mass is 35.5. The molecule has 0 N–H and O–H groups in total. The van der Waals surface area contributed by atoms with Crippen LogP contribution in [-0.4, -0.2) is 18.7 Å². The third kappa shape index (κ3) is 4.72. The minimum absolute atomic E-state index is 0.0687. The van der Waals surface area contributed by atoms with Crippen molar-refractivity contribution in [1.29, 1.82) is 0 Å². The Kier molecular flexibility index (Phi) is 6.90. The van der Waals surface area contributed by atoms with E-state index in [9.17, 15) is 13.6 Å². The molecule has 1 aliphatic rings. The Morgan fingerprint density at radius 1 is 1.50 bits per heavy atom. The molecule has 0 saturated heterocycles. The summed E-state index contributed by atoms with van der Waals surface area (Å²) in [6.45, 7) is 3.16. The minimum atomic E-state index is -1.39. The summed E-state index contributed by atoms with van der Waals surface area (Å²) in [4.78, 5) is 12.1. The molecule has 0 heterocycles. The number of terminal acetylenes is 1. The van der Waals surface area contributed by atoms with Crippen molar-refractivity contribution in [3.05, 3.63) is 22.5 Å². The van der Waals surface area contributed by atoms with Crippen molar-refractivity contribution in [3.63, 3.8) is 0 Å². The minimum Gasteiger partial charge on any atom is -0.441 e. The predicted octanol–water partition coefficient (Wildman–Crippen LogP) is 4.73. The SMILES string of the molecule is C#CC(OC(=O)C1C(C=C(Cl)Cl)C1(C)C)C(F)=CCCCF. The van der Waals surface area contributed by atoms with Crippen LogP contribution in [0.2, 0.25) is 0 Å². The first-order valence-corrected chi connectivity index (χ1v) is 7.62. The van der Waals surface area contributed by atoms with Gasteiger partial charge in [0.2, 0.25) is 6.10 Å². The highest BCUT2D eigenvalue weighted by molar-refractivity contribution is 6.55. The molecule has 0 aliphatic heterocycles. The summed E-state index contributed by atoms with van der Waals surface area (Å²) in [5.41, 5.74) is -0.375. The molecule has 2 nitrogen and oxygen atoms in total. The number of carbonyl (C=O) groups is 1. The van der Waals surface area contributed by atoms with Gasteiger partial charge in [-0.1, -0.05) is 43.0 Å². The van der Waals surface area contributed by atoms with Crippen molar-refractivity contribution in [3.8, 4) is 12.3 Å². The van der Waals surface area contributed by atoms with Crippen LogP contribution in [0.4, 0.5) is 8.78 Å². The molecule has 1 aliphatic carbocycles. The number of rotatable bonds is 7. The number of ether oxygens (including phenoxy) is 1. The Morgan fingerprint density at radius 2 is 2.14 bits per heavy atom. The molecule has 6 heteroatoms. The van der Waals surface area contributed by atoms with E-state index >= 15 is 0 Å². The molecule has 22 heavy (non-hydrogen) atoms. The predicted molar refractivity (Wildman–Crippen MR) is 83.7 cm³/mol. The first-order valence-electron chi connectivity index (χ1n) is 6.86. The maximum Gasteiger partial charge on any atom is 0.311 e. The summed E-state index contributed by atoms with van der Waals surface area (Å²) in [5.74, 6) is 0.0633. The van der Waals surface area contributed by atoms with Gasteiger partial charge in [0.05, 0.1) is 12.6 Å². The van der Waals surface area contributed by atoms with Gasteiger partial charge in [-0.2, -0.15) is 0 Å². The van der Waals surface area contributed by atoms with E-state index in [4.69, 9.17) is 34.4 Å². The van der Waals surface area contributed by atoms with Crippen molar-refractivity contribution in [2.75, 3.05) is 6.67 Å². The zero-order chi connectivity index (χ0) is 16.9. The van der Waals surface area contributed by atoms with Gasteiger partial charge in [0, 0.05) is 0 Å². The maximum absolute atomic E-state index is 13.8. The molecular weight excluding hydrogens is 333 g/mol. The number of allylic oxidation sites excluding steroid dienone is 2. The monoisotopic (exact) mass is 350 g/mol. The second-order valence-electron chi connectivity index (χ2n) is 5.68. The smallest absolute Gasteiger partial charge is 0.311 e. The molecule has 0 radical (unpaired) electrons. The first kappa shape index (κ1) is 19.0. The van der Waals surface area contributed by atoms with Crippen LogP contribution in [-0.2, 0) is 9.53 Å². The van der Waals surface area contributed by atoms with E-state index in [0.29, 0.717) is 0 Å². The highest BCUT2D eigenvalue weighted by Crippen LogP contribution is 2.60. The van der Waals surface area contributed by atoms with Crippen LogP contribution in [0.25, 0.3) is 0 Å². The van der Waals surface area contributed by atoms with E-state index < -0.39 is 30.5 Å². The largest absolute Gasteiger partial charge is 0.441 e. The molecule has 1 saturated carbocycles. The number of hydrogen-bond acceptors (Lipinski definition) is 2. The van der Waals surface area contributed by atoms with Crippen LogP contribution in [0.3, 0.4) is 0 Å². The molecule has 1 rings (SSSR count). The zero-order valence-corrected chi connectivity index (χ0v) is 13.9. The number of hydrogen-bond donors (Lipinski definition) is 0. The average molecular weight is 351 g/mol. The van der Waals surface area contributed by atoms with Gasteiger partial charge in [-0.15, -0.1) is 6.42 Å². The molecule has 122 valence electrons. The second-order valence-corrected chi connectivity index (χ2v) is 6.69. The molecule has 1 fully saturated rings. The summed E-state index contributed by atoms with van der Waals surface area (Å²) in [6.07, 6.45) is 6.89. The van der Waals surface area contributed by atoms with Crippen LogP contribution in [0.15, 0.2) is 22.5 Å². The van der Waals surface area contributed by atoms with E-state index in [-0.39, 0.29) is 28.7 Å². The lowest BCUT2D eigenvalue weighted by molar-refractivity contribution is -0.148. The van der Waals surface area contributed by atoms with Crippen molar-refractivity contribution < 1.29 is 18.3 Å². The van der Waals surface area contributed by atoms with Gasteiger partial charge >= 0.3 is 5.97 Å². The normalized spacial score (nSPS) is 24.1. The molecule has 3 atom stereocenters. The van der Waals surface area contributed by atoms with E-state index in [1.807, 2.05) is 13.8 Å². The van der Waals surface area contributed by atoms with Gasteiger partial charge in [-0.3, -0.25) is 9.18 Å². The number of unbranched alkanes of at least 4 members (excludes halogenated alkanes) is 1. The third-order valence-corrected chi connectivity index (χ3v) is 4.04. The number of esters is 1. The van der Waals surface area contributed by atoms with Crippen LogP contribution in [0, 0.1) is 29.6 Å². The molecule has 0 spiro atoms. The van der Waals surface area contributed by atoms with Gasteiger partial charge < -0.3 is 4.74 Å². The molecule has 3 unspecified atom stereocenters. The zero-order valence-electron chi connectivity index (χ0n) is 12.4. The quantitative estimate of drug-likeness (QED) is 0.377. The Hall–Kier alpha value is -1.05. The van der Waals surface area contributed by atoms with Crippen LogP contribution in [0.1, 0.15) is 26.7 Å². The summed E-state index contributed by atoms with van der Waals surface area (Å²) < 4.78 is 30.9. The Labute approximate surface area is 139 Å². The molecule has 0 bridgehead atoms. The molecule has 0 aromatic rings. The first-order chi connectivity index (χ1) is 10.3. The van der Waals surface area contributed by atoms with Crippen molar-refractivity contribution in [2.45, 2.75) is 32.8 Å². The lowest BCUT2D eigenvalue weighted by atomic mass is 10.1. The number of carbonyl (C=O) groups excluding carboxylic acids is 1. The summed E-state index contributed by atoms with van der Waals surface area (Å²) in [7, 11) is 0. The Bertz CT molecular complexity index is 517. The maximum atomic E-state index is 13.8. The fourth-order valence-corrected chi connectivity index (χ4v) is 2.63. The summed E-state index contributed by atoms with van der Waals surface area (Å²) in [5, 5.41) is 0. The van der Waals surface area contributed by atoms with Crippen LogP contribution >= 0.6 is 23.2 Å². The fourth-order valence-electron chi connectivity index (χ4n) is 2.36. The Morgan fingerprint density at radius 3 is 2.64 bits per heavy atom. The van der Waals surface area contributed by atoms with Crippen LogP contribution < -0.4 is 0 Å². The second kappa shape index (κ2) is 7.99. The van der Waals surface area contributed by atoms with Gasteiger partial charge in [-0.25, -0.2) is 4.39 Å². The van der Waals surface area contributed by atoms with Gasteiger partial charge in [0.15, 0.2) is 0 Å². The lowest BCUT2D eigenvalue weighted by Gasteiger charge is -2.11. The van der Waals surface area contributed by atoms with Crippen molar-refractivity contribution in [1.82, 2.24) is 0 Å². The molecule has 0 amide bonds. The summed E-state index contributed by atoms with van der Waals surface area (Å²) in [6, 6.07) is 0. The van der Waals surface area contributed by atoms with E-state index in [1.54, 1.807) is 6.08 Å². The third-order valence-electron chi connectivity index (χ3n) is 3.78. The fraction of sp³-hybridized carbons (Fsp3) is 0.562. The standard InChI is InChI=1S/C16H18Cl2F2O2/c1-4-12(11(20)7-5-6-8-19)22-15(21)14-10(9-13(17)18)16(14,2)3/h1,7,9-10,12,14H,5-6,8H2,2-3H3. The topological polar surface area (TPSA) is 26.3 Å². The van der Waals surface area contributed by atoms with E-state index in [2.05, 4.69) is 5.92 Å². The van der Waals surface area contributed by atoms with Crippen LogP contribution in [0.5, 0.6) is 0 Å². The number of alkyl halides is 1. The molecule has 0 aromatic carbocycles. The van der Waals surface area contributed by atoms with Crippen molar-refractivity contribution >= 4 is 29.2 Å². The average Bonchev–Trinajstić information content (AvgIpc) is 2.96.